The lowest BCUT2D eigenvalue weighted by molar-refractivity contribution is -0.117. The summed E-state index contributed by atoms with van der Waals surface area (Å²) in [6, 6.07) is 30.3. The number of fused-ring (bicyclic) bond motifs is 8. The van der Waals surface area contributed by atoms with Crippen molar-refractivity contribution >= 4 is 68.1 Å². The fourth-order valence-electron chi connectivity index (χ4n) is 10.3. The van der Waals surface area contributed by atoms with Crippen molar-refractivity contribution in [3.63, 3.8) is 0 Å². The maximum absolute atomic E-state index is 14.2. The maximum Gasteiger partial charge on any atom is 0.261 e. The summed E-state index contributed by atoms with van der Waals surface area (Å²) in [5.74, 6) is 2.67. The Morgan fingerprint density at radius 1 is 0.757 bits per heavy atom. The first-order chi connectivity index (χ1) is 35.9. The van der Waals surface area contributed by atoms with Gasteiger partial charge in [-0.1, -0.05) is 58.0 Å². The molecule has 9 rings (SSSR count). The molecule has 0 saturated carbocycles. The molecular weight excluding hydrogens is 973 g/mol. The monoisotopic (exact) mass is 1040 g/mol. The Morgan fingerprint density at radius 2 is 1.43 bits per heavy atom. The second-order valence-corrected chi connectivity index (χ2v) is 23.2. The van der Waals surface area contributed by atoms with E-state index in [9.17, 15) is 14.4 Å². The molecule has 0 spiro atoms. The van der Waals surface area contributed by atoms with Crippen LogP contribution in [0.1, 0.15) is 94.1 Å². The van der Waals surface area contributed by atoms with Crippen molar-refractivity contribution in [1.82, 2.24) is 0 Å². The summed E-state index contributed by atoms with van der Waals surface area (Å²) in [6.45, 7) is 12.3. The molecule has 0 bridgehead atoms. The Labute approximate surface area is 443 Å². The summed E-state index contributed by atoms with van der Waals surface area (Å²) < 4.78 is 36.1. The Morgan fingerprint density at radius 3 is 2.16 bits per heavy atom. The van der Waals surface area contributed by atoms with Gasteiger partial charge in [-0.15, -0.1) is 0 Å². The molecule has 0 saturated heterocycles. The second kappa shape index (κ2) is 24.2. The van der Waals surface area contributed by atoms with Crippen molar-refractivity contribution in [3.8, 4) is 17.2 Å². The number of benzene rings is 5. The highest BCUT2D eigenvalue weighted by molar-refractivity contribution is 8.77. The Bertz CT molecular complexity index is 2870. The fraction of sp³-hybridized carbons (Fsp3) is 0.424. The van der Waals surface area contributed by atoms with Crippen LogP contribution in [0.25, 0.3) is 0 Å². The number of carbonyl (C=O) groups excluding carboxylic acids is 3. The van der Waals surface area contributed by atoms with Crippen LogP contribution in [0, 0.1) is 6.92 Å². The van der Waals surface area contributed by atoms with Crippen molar-refractivity contribution in [2.45, 2.75) is 96.3 Å². The molecule has 0 radical (unpaired) electrons. The molecule has 0 aliphatic carbocycles. The third-order valence-corrected chi connectivity index (χ3v) is 17.3. The number of hydrogen-bond donors (Lipinski definition) is 0. The smallest absolute Gasteiger partial charge is 0.261 e. The minimum absolute atomic E-state index is 0.0494. The Balaban J connectivity index is 0.992. The number of para-hydroxylation sites is 2. The van der Waals surface area contributed by atoms with Gasteiger partial charge < -0.3 is 43.0 Å². The molecule has 2 amide bonds. The first kappa shape index (κ1) is 53.0. The van der Waals surface area contributed by atoms with Crippen molar-refractivity contribution in [2.75, 3.05) is 80.8 Å². The van der Waals surface area contributed by atoms with Crippen LogP contribution in [0.3, 0.4) is 0 Å². The molecule has 390 valence electrons. The quantitative estimate of drug-likeness (QED) is 0.0408. The van der Waals surface area contributed by atoms with Crippen molar-refractivity contribution in [2.24, 2.45) is 4.99 Å². The molecule has 4 heterocycles. The van der Waals surface area contributed by atoms with Crippen LogP contribution >= 0.6 is 21.6 Å². The highest BCUT2D eigenvalue weighted by Gasteiger charge is 2.38. The number of anilines is 3. The minimum atomic E-state index is -0.189. The van der Waals surface area contributed by atoms with Crippen LogP contribution in [0.15, 0.2) is 96.0 Å². The van der Waals surface area contributed by atoms with E-state index in [0.29, 0.717) is 81.7 Å². The van der Waals surface area contributed by atoms with Crippen molar-refractivity contribution < 1.29 is 42.8 Å². The molecule has 5 aromatic carbocycles. The Hall–Kier alpha value is -5.84. The van der Waals surface area contributed by atoms with E-state index in [2.05, 4.69) is 61.2 Å². The molecule has 5 aromatic rings. The number of ketones is 1. The van der Waals surface area contributed by atoms with Crippen molar-refractivity contribution in [1.29, 1.82) is 0 Å². The van der Waals surface area contributed by atoms with E-state index in [1.165, 1.54) is 5.56 Å². The molecule has 0 aromatic heterocycles. The van der Waals surface area contributed by atoms with E-state index < -0.39 is 0 Å². The van der Waals surface area contributed by atoms with E-state index in [-0.39, 0.29) is 47.6 Å². The number of methoxy groups -OCH3 is 2. The van der Waals surface area contributed by atoms with Gasteiger partial charge in [-0.05, 0) is 135 Å². The molecule has 0 fully saturated rings. The number of nitrogens with zero attached hydrogens (tertiary/aromatic N) is 4. The summed E-state index contributed by atoms with van der Waals surface area (Å²) in [4.78, 5) is 51.1. The van der Waals surface area contributed by atoms with Gasteiger partial charge in [0.1, 0.15) is 24.7 Å². The summed E-state index contributed by atoms with van der Waals surface area (Å²) in [5.41, 5.74) is 10.7. The summed E-state index contributed by atoms with van der Waals surface area (Å²) in [7, 11) is 6.87. The average Bonchev–Trinajstić information content (AvgIpc) is 3.89. The standard InChI is InChI=1S/C59H68N4O9S2/c1-39-26-49-43(17-18-46-30-44-13-7-9-15-52(44)62(46)57(49)65)32-54(39)71-36-41-27-42(29-47(28-41)61(19-20-69-23-24-70-22-21-67-5)38-59(3,4)74-73-25-11-12-40(2)64)37-72-56-34-51-50(33-55(56)68-6)58(66)63-48(35-60-51)31-45-14-8-10-16-53(45)63/h7-10,13-16,26-29,32-35,46,48H,11-12,17-25,30-31,36-38H2,1-6H3/t46-,48+/m1/s1. The van der Waals surface area contributed by atoms with Crippen LogP contribution in [0.4, 0.5) is 22.7 Å². The van der Waals surface area contributed by atoms with E-state index in [0.717, 1.165) is 87.6 Å². The van der Waals surface area contributed by atoms with E-state index in [4.69, 9.17) is 33.4 Å². The van der Waals surface area contributed by atoms with Crippen LogP contribution in [-0.4, -0.2) is 107 Å². The van der Waals surface area contributed by atoms with Crippen LogP contribution in [-0.2, 0) is 51.5 Å². The number of carbonyl (C=O) groups is 3. The average molecular weight is 1040 g/mol. The highest BCUT2D eigenvalue weighted by Crippen LogP contribution is 2.43. The third-order valence-electron chi connectivity index (χ3n) is 13.9. The number of aryl methyl sites for hydroxylation is 2. The van der Waals surface area contributed by atoms with E-state index in [1.807, 2.05) is 70.1 Å². The minimum Gasteiger partial charge on any atom is -0.493 e. The third kappa shape index (κ3) is 12.5. The molecule has 13 nitrogen and oxygen atoms in total. The zero-order chi connectivity index (χ0) is 51.8. The predicted octanol–water partition coefficient (Wildman–Crippen LogP) is 11.0. The van der Waals surface area contributed by atoms with Gasteiger partial charge in [0.15, 0.2) is 11.5 Å². The zero-order valence-electron chi connectivity index (χ0n) is 43.5. The van der Waals surface area contributed by atoms with Crippen LogP contribution in [0.2, 0.25) is 0 Å². The summed E-state index contributed by atoms with van der Waals surface area (Å²) >= 11 is 0. The van der Waals surface area contributed by atoms with Gasteiger partial charge >= 0.3 is 0 Å². The molecular formula is C59H68N4O9S2. The normalized spacial score (nSPS) is 16.4. The van der Waals surface area contributed by atoms with Gasteiger partial charge in [0.2, 0.25) is 0 Å². The Kier molecular flexibility index (Phi) is 17.4. The molecule has 0 N–H and O–H groups in total. The van der Waals surface area contributed by atoms with Crippen molar-refractivity contribution in [3.05, 3.63) is 136 Å². The number of Topliss-reactive ketones (excluding diaryl/α,β-unsaturated/α-hetero) is 1. The summed E-state index contributed by atoms with van der Waals surface area (Å²) in [5, 5.41) is 0. The number of amides is 2. The number of ether oxygens (including phenoxy) is 6. The van der Waals surface area contributed by atoms with Gasteiger partial charge in [0.05, 0.1) is 57.4 Å². The SMILES string of the molecule is COCCOCCOCCN(CC(C)(C)SSCCCC(C)=O)c1cc(COc2cc3c(cc2C)C(=O)N2c4ccccc4C[C@H]2CC3)cc(COc2cc3c(cc2OC)C(=O)N2c4ccccc4C[C@H]2C=N3)c1. The molecule has 4 aliphatic heterocycles. The van der Waals surface area contributed by atoms with E-state index >= 15 is 0 Å². The summed E-state index contributed by atoms with van der Waals surface area (Å²) in [6.07, 6.45) is 6.51. The van der Waals surface area contributed by atoms with Gasteiger partial charge in [-0.3, -0.25) is 19.5 Å². The first-order valence-electron chi connectivity index (χ1n) is 25.7. The van der Waals surface area contributed by atoms with E-state index in [1.54, 1.807) is 44.1 Å². The first-order valence-corrected chi connectivity index (χ1v) is 28.0. The lowest BCUT2D eigenvalue weighted by Gasteiger charge is -2.34. The van der Waals surface area contributed by atoms with Gasteiger partial charge in [0.25, 0.3) is 11.8 Å². The number of aliphatic imine (C=N–C) groups is 1. The molecule has 2 atom stereocenters. The molecule has 4 aliphatic rings. The largest absolute Gasteiger partial charge is 0.493 e. The number of hydrogen-bond acceptors (Lipinski definition) is 13. The van der Waals surface area contributed by atoms with Gasteiger partial charge in [-0.25, -0.2) is 0 Å². The second-order valence-electron chi connectivity index (χ2n) is 20.0. The van der Waals surface area contributed by atoms with Crippen LogP contribution in [0.5, 0.6) is 17.2 Å². The maximum atomic E-state index is 14.2. The fourth-order valence-corrected chi connectivity index (χ4v) is 12.9. The predicted molar refractivity (Wildman–Crippen MR) is 297 cm³/mol. The van der Waals surface area contributed by atoms with Gasteiger partial charge in [-0.2, -0.15) is 0 Å². The number of rotatable bonds is 25. The van der Waals surface area contributed by atoms with Gasteiger partial charge in [0, 0.05) is 84.5 Å². The topological polar surface area (TPSA) is 129 Å². The molecule has 0 unspecified atom stereocenters. The molecule has 15 heteroatoms. The lowest BCUT2D eigenvalue weighted by Crippen LogP contribution is -2.38. The highest BCUT2D eigenvalue weighted by atomic mass is 33.1. The van der Waals surface area contributed by atoms with Crippen LogP contribution < -0.4 is 28.9 Å². The lowest BCUT2D eigenvalue weighted by atomic mass is 9.98. The molecule has 74 heavy (non-hydrogen) atoms. The zero-order valence-corrected chi connectivity index (χ0v) is 45.1.